The van der Waals surface area contributed by atoms with Gasteiger partial charge in [-0.15, -0.1) is 0 Å². The highest BCUT2D eigenvalue weighted by atomic mass is 32.2. The van der Waals surface area contributed by atoms with E-state index in [0.29, 0.717) is 18.5 Å². The molecular weight excluding hydrogens is 374 g/mol. The molecule has 0 atom stereocenters. The first-order chi connectivity index (χ1) is 12.8. The molecule has 5 nitrogen and oxygen atoms in total. The number of hydrogen-bond donors (Lipinski definition) is 0. The molecule has 1 amide bonds. The largest absolute Gasteiger partial charge is 0.315 e. The molecule has 27 heavy (non-hydrogen) atoms. The second kappa shape index (κ2) is 7.74. The van der Waals surface area contributed by atoms with Crippen LogP contribution in [0.1, 0.15) is 12.8 Å². The quantitative estimate of drug-likeness (QED) is 0.801. The molecular formula is C19H20F2N2O3S. The number of sulfonamides is 1. The van der Waals surface area contributed by atoms with E-state index in [1.807, 2.05) is 0 Å². The Bertz CT molecular complexity index is 907. The van der Waals surface area contributed by atoms with Gasteiger partial charge in [-0.05, 0) is 61.4 Å². The van der Waals surface area contributed by atoms with Crippen molar-refractivity contribution >= 4 is 21.6 Å². The summed E-state index contributed by atoms with van der Waals surface area (Å²) in [5.74, 6) is -1.30. The van der Waals surface area contributed by atoms with Gasteiger partial charge in [0.2, 0.25) is 15.9 Å². The Morgan fingerprint density at radius 3 is 1.96 bits per heavy atom. The molecule has 1 aliphatic heterocycles. The smallest absolute Gasteiger partial charge is 0.243 e. The molecule has 0 spiro atoms. The Balaban J connectivity index is 1.65. The lowest BCUT2D eigenvalue weighted by Gasteiger charge is -2.32. The molecule has 0 N–H and O–H groups in total. The zero-order valence-corrected chi connectivity index (χ0v) is 15.6. The number of anilines is 1. The van der Waals surface area contributed by atoms with Crippen LogP contribution < -0.4 is 4.90 Å². The molecule has 1 aliphatic rings. The van der Waals surface area contributed by atoms with Crippen LogP contribution in [0.25, 0.3) is 0 Å². The van der Waals surface area contributed by atoms with E-state index in [4.69, 9.17) is 0 Å². The minimum Gasteiger partial charge on any atom is -0.315 e. The zero-order chi connectivity index (χ0) is 19.6. The molecule has 3 rings (SSSR count). The average molecular weight is 394 g/mol. The standard InChI is InChI=1S/C19H20F2N2O3S/c1-22(17-6-2-15(20)3-7-17)19(24)14-10-12-23(13-11-14)27(25,26)18-8-4-16(21)5-9-18/h2-9,14H,10-13H2,1H3. The van der Waals surface area contributed by atoms with Gasteiger partial charge in [0, 0.05) is 31.7 Å². The lowest BCUT2D eigenvalue weighted by Crippen LogP contribution is -2.43. The van der Waals surface area contributed by atoms with E-state index in [9.17, 15) is 22.0 Å². The lowest BCUT2D eigenvalue weighted by atomic mass is 9.96. The first-order valence-corrected chi connectivity index (χ1v) is 10.0. The molecule has 0 aliphatic carbocycles. The van der Waals surface area contributed by atoms with Gasteiger partial charge in [-0.1, -0.05) is 0 Å². The number of nitrogens with zero attached hydrogens (tertiary/aromatic N) is 2. The normalized spacial score (nSPS) is 16.3. The van der Waals surface area contributed by atoms with Crippen molar-refractivity contribution in [3.63, 3.8) is 0 Å². The zero-order valence-electron chi connectivity index (χ0n) is 14.8. The highest BCUT2D eigenvalue weighted by Crippen LogP contribution is 2.26. The lowest BCUT2D eigenvalue weighted by molar-refractivity contribution is -0.123. The monoisotopic (exact) mass is 394 g/mol. The van der Waals surface area contributed by atoms with Crippen molar-refractivity contribution in [1.29, 1.82) is 0 Å². The Morgan fingerprint density at radius 1 is 0.963 bits per heavy atom. The van der Waals surface area contributed by atoms with Gasteiger partial charge in [-0.25, -0.2) is 17.2 Å². The third kappa shape index (κ3) is 4.17. The van der Waals surface area contributed by atoms with Crippen molar-refractivity contribution in [2.24, 2.45) is 5.92 Å². The van der Waals surface area contributed by atoms with E-state index < -0.39 is 15.8 Å². The third-order valence-electron chi connectivity index (χ3n) is 4.80. The fraction of sp³-hybridized carbons (Fsp3) is 0.316. The van der Waals surface area contributed by atoms with Gasteiger partial charge in [-0.3, -0.25) is 4.79 Å². The van der Waals surface area contributed by atoms with Crippen molar-refractivity contribution in [2.45, 2.75) is 17.7 Å². The van der Waals surface area contributed by atoms with E-state index >= 15 is 0 Å². The fourth-order valence-corrected chi connectivity index (χ4v) is 4.63. The van der Waals surface area contributed by atoms with E-state index in [-0.39, 0.29) is 35.6 Å². The molecule has 0 saturated carbocycles. The van der Waals surface area contributed by atoms with Crippen LogP contribution in [0, 0.1) is 17.6 Å². The second-order valence-electron chi connectivity index (χ2n) is 6.51. The minimum atomic E-state index is -3.71. The Hall–Kier alpha value is -2.32. The van der Waals surface area contributed by atoms with Gasteiger partial charge in [0.05, 0.1) is 4.90 Å². The van der Waals surface area contributed by atoms with Crippen molar-refractivity contribution in [1.82, 2.24) is 4.31 Å². The highest BCUT2D eigenvalue weighted by Gasteiger charge is 2.33. The summed E-state index contributed by atoms with van der Waals surface area (Å²) < 4.78 is 52.7. The number of piperidine rings is 1. The molecule has 2 aromatic rings. The van der Waals surface area contributed by atoms with Crippen molar-refractivity contribution < 1.29 is 22.0 Å². The molecule has 0 aromatic heterocycles. The van der Waals surface area contributed by atoms with Gasteiger partial charge >= 0.3 is 0 Å². The fourth-order valence-electron chi connectivity index (χ4n) is 3.16. The van der Waals surface area contributed by atoms with Gasteiger partial charge in [0.15, 0.2) is 0 Å². The molecule has 144 valence electrons. The van der Waals surface area contributed by atoms with E-state index in [0.717, 1.165) is 12.1 Å². The Kier molecular flexibility index (Phi) is 5.57. The number of hydrogen-bond acceptors (Lipinski definition) is 3. The summed E-state index contributed by atoms with van der Waals surface area (Å²) in [4.78, 5) is 14.2. The topological polar surface area (TPSA) is 57.7 Å². The number of carbonyl (C=O) groups is 1. The number of benzene rings is 2. The minimum absolute atomic E-state index is 0.0390. The van der Waals surface area contributed by atoms with Crippen LogP contribution in [0.3, 0.4) is 0 Å². The van der Waals surface area contributed by atoms with Crippen LogP contribution >= 0.6 is 0 Å². The van der Waals surface area contributed by atoms with E-state index in [1.54, 1.807) is 7.05 Å². The molecule has 1 saturated heterocycles. The van der Waals surface area contributed by atoms with Crippen LogP contribution in [-0.2, 0) is 14.8 Å². The van der Waals surface area contributed by atoms with Crippen LogP contribution in [0.2, 0.25) is 0 Å². The first kappa shape index (κ1) is 19.4. The van der Waals surface area contributed by atoms with Gasteiger partial charge < -0.3 is 4.90 Å². The van der Waals surface area contributed by atoms with Crippen LogP contribution in [-0.4, -0.2) is 38.8 Å². The summed E-state index contributed by atoms with van der Waals surface area (Å²) in [6.07, 6.45) is 0.787. The number of rotatable bonds is 4. The molecule has 0 unspecified atom stereocenters. The number of amides is 1. The maximum absolute atomic E-state index is 13.0. The van der Waals surface area contributed by atoms with Crippen LogP contribution in [0.4, 0.5) is 14.5 Å². The summed E-state index contributed by atoms with van der Waals surface area (Å²) in [7, 11) is -2.08. The molecule has 1 heterocycles. The third-order valence-corrected chi connectivity index (χ3v) is 6.71. The Morgan fingerprint density at radius 2 is 1.44 bits per heavy atom. The molecule has 8 heteroatoms. The SMILES string of the molecule is CN(C(=O)C1CCN(S(=O)(=O)c2ccc(F)cc2)CC1)c1ccc(F)cc1. The summed E-state index contributed by atoms with van der Waals surface area (Å²) in [5, 5.41) is 0. The van der Waals surface area contributed by atoms with E-state index in [1.165, 1.54) is 45.6 Å². The van der Waals surface area contributed by atoms with Crippen LogP contribution in [0.5, 0.6) is 0 Å². The molecule has 0 bridgehead atoms. The predicted molar refractivity (Wildman–Crippen MR) is 97.7 cm³/mol. The molecule has 0 radical (unpaired) electrons. The van der Waals surface area contributed by atoms with E-state index in [2.05, 4.69) is 0 Å². The predicted octanol–water partition coefficient (Wildman–Crippen LogP) is 3.03. The average Bonchev–Trinajstić information content (AvgIpc) is 2.68. The van der Waals surface area contributed by atoms with Crippen LogP contribution in [0.15, 0.2) is 53.4 Å². The summed E-state index contributed by atoms with van der Waals surface area (Å²) in [6, 6.07) is 10.3. The first-order valence-electron chi connectivity index (χ1n) is 8.58. The van der Waals surface area contributed by atoms with Crippen molar-refractivity contribution in [2.75, 3.05) is 25.0 Å². The van der Waals surface area contributed by atoms with Gasteiger partial charge in [0.25, 0.3) is 0 Å². The second-order valence-corrected chi connectivity index (χ2v) is 8.44. The van der Waals surface area contributed by atoms with Crippen molar-refractivity contribution in [3.05, 3.63) is 60.2 Å². The maximum Gasteiger partial charge on any atom is 0.243 e. The maximum atomic E-state index is 13.0. The Labute approximate surface area is 157 Å². The number of halogens is 2. The molecule has 2 aromatic carbocycles. The summed E-state index contributed by atoms with van der Waals surface area (Å²) in [5.41, 5.74) is 0.586. The molecule has 1 fully saturated rings. The van der Waals surface area contributed by atoms with Gasteiger partial charge in [0.1, 0.15) is 11.6 Å². The van der Waals surface area contributed by atoms with Crippen molar-refractivity contribution in [3.8, 4) is 0 Å². The summed E-state index contributed by atoms with van der Waals surface area (Å²) in [6.45, 7) is 0.431. The number of carbonyl (C=O) groups excluding carboxylic acids is 1. The highest BCUT2D eigenvalue weighted by molar-refractivity contribution is 7.89. The summed E-state index contributed by atoms with van der Waals surface area (Å²) >= 11 is 0. The van der Waals surface area contributed by atoms with Gasteiger partial charge in [-0.2, -0.15) is 4.31 Å².